The van der Waals surface area contributed by atoms with E-state index in [-0.39, 0.29) is 5.41 Å². The molecule has 0 unspecified atom stereocenters. The zero-order valence-corrected chi connectivity index (χ0v) is 19.4. The van der Waals surface area contributed by atoms with Gasteiger partial charge in [0.1, 0.15) is 11.5 Å². The first-order valence-corrected chi connectivity index (χ1v) is 10.7. The number of halogens is 3. The fraction of sp³-hybridized carbons (Fsp3) is 0.440. The highest BCUT2D eigenvalue weighted by molar-refractivity contribution is 5.94. The number of rotatable bonds is 5. The number of carbonyl (C=O) groups excluding carboxylic acids is 1. The van der Waals surface area contributed by atoms with Gasteiger partial charge in [0.15, 0.2) is 12.3 Å². The first-order chi connectivity index (χ1) is 15.2. The number of hydrogen-bond donors (Lipinski definition) is 1. The Bertz CT molecular complexity index is 1030. The number of aliphatic hydroxyl groups is 1. The van der Waals surface area contributed by atoms with E-state index in [9.17, 15) is 23.1 Å². The van der Waals surface area contributed by atoms with Crippen molar-refractivity contribution in [2.24, 2.45) is 10.5 Å². The molecule has 0 aromatic heterocycles. The predicted molar refractivity (Wildman–Crippen MR) is 120 cm³/mol. The fourth-order valence-corrected chi connectivity index (χ4v) is 3.74. The van der Waals surface area contributed by atoms with E-state index < -0.39 is 42.0 Å². The second-order valence-corrected chi connectivity index (χ2v) is 9.80. The summed E-state index contributed by atoms with van der Waals surface area (Å²) in [5.74, 6) is -0.477. The SMILES string of the molecule is CC(C)(c1ccccc1)c1ccc(OCC(=O)N2N=C(C(F)(F)F)C[C@@]2(O)C(C)(C)C)cc1. The van der Waals surface area contributed by atoms with Gasteiger partial charge in [-0.3, -0.25) is 4.79 Å². The molecular weight excluding hydrogens is 433 g/mol. The number of carbonyl (C=O) groups is 1. The topological polar surface area (TPSA) is 62.1 Å². The van der Waals surface area contributed by atoms with Crippen LogP contribution in [0.15, 0.2) is 59.7 Å². The monoisotopic (exact) mass is 462 g/mol. The normalized spacial score (nSPS) is 19.4. The van der Waals surface area contributed by atoms with Crippen LogP contribution in [0.3, 0.4) is 0 Å². The van der Waals surface area contributed by atoms with Crippen LogP contribution >= 0.6 is 0 Å². The number of hydrazone groups is 1. The molecular formula is C25H29F3N2O3. The Hall–Kier alpha value is -2.87. The van der Waals surface area contributed by atoms with Crippen LogP contribution in [0.25, 0.3) is 0 Å². The first kappa shape index (κ1) is 24.8. The Kier molecular flexibility index (Phi) is 6.37. The van der Waals surface area contributed by atoms with E-state index in [1.165, 1.54) is 0 Å². The highest BCUT2D eigenvalue weighted by Gasteiger charge is 2.57. The summed E-state index contributed by atoms with van der Waals surface area (Å²) in [4.78, 5) is 12.7. The molecule has 1 aliphatic rings. The standard InChI is InChI=1S/C25H29F3N2O3/c1-22(2,3)24(32)15-20(25(26,27)28)29-30(24)21(31)16-33-19-13-11-18(12-14-19)23(4,5)17-9-7-6-8-10-17/h6-14,32H,15-16H2,1-5H3/t24-/m1/s1. The number of amides is 1. The number of nitrogens with zero attached hydrogens (tertiary/aromatic N) is 2. The highest BCUT2D eigenvalue weighted by atomic mass is 19.4. The maximum absolute atomic E-state index is 13.2. The minimum absolute atomic E-state index is 0.253. The lowest BCUT2D eigenvalue weighted by Gasteiger charge is -2.41. The highest BCUT2D eigenvalue weighted by Crippen LogP contribution is 2.43. The van der Waals surface area contributed by atoms with Gasteiger partial charge in [-0.1, -0.05) is 77.1 Å². The van der Waals surface area contributed by atoms with Crippen LogP contribution in [0.2, 0.25) is 0 Å². The van der Waals surface area contributed by atoms with Crippen LogP contribution in [-0.2, 0) is 10.2 Å². The Balaban J connectivity index is 1.74. The van der Waals surface area contributed by atoms with Crippen LogP contribution in [0, 0.1) is 5.41 Å². The van der Waals surface area contributed by atoms with Gasteiger partial charge in [0.25, 0.3) is 5.91 Å². The number of alkyl halides is 3. The van der Waals surface area contributed by atoms with Crippen molar-refractivity contribution < 1.29 is 27.8 Å². The molecule has 5 nitrogen and oxygen atoms in total. The molecule has 8 heteroatoms. The van der Waals surface area contributed by atoms with Gasteiger partial charge in [-0.05, 0) is 23.3 Å². The molecule has 2 aromatic rings. The van der Waals surface area contributed by atoms with Crippen LogP contribution < -0.4 is 4.74 Å². The average Bonchev–Trinajstić information content (AvgIpc) is 3.12. The van der Waals surface area contributed by atoms with E-state index >= 15 is 0 Å². The van der Waals surface area contributed by atoms with Gasteiger partial charge in [0, 0.05) is 17.3 Å². The molecule has 0 spiro atoms. The summed E-state index contributed by atoms with van der Waals surface area (Å²) in [6, 6.07) is 17.2. The van der Waals surface area contributed by atoms with Crippen molar-refractivity contribution in [3.63, 3.8) is 0 Å². The third-order valence-electron chi connectivity index (χ3n) is 6.18. The second-order valence-electron chi connectivity index (χ2n) is 9.80. The molecule has 0 saturated heterocycles. The molecule has 0 bridgehead atoms. The van der Waals surface area contributed by atoms with Gasteiger partial charge in [-0.2, -0.15) is 23.3 Å². The van der Waals surface area contributed by atoms with Gasteiger partial charge < -0.3 is 9.84 Å². The van der Waals surface area contributed by atoms with Crippen LogP contribution in [0.5, 0.6) is 5.75 Å². The van der Waals surface area contributed by atoms with Gasteiger partial charge in [-0.25, -0.2) is 0 Å². The summed E-state index contributed by atoms with van der Waals surface area (Å²) >= 11 is 0. The van der Waals surface area contributed by atoms with Gasteiger partial charge >= 0.3 is 6.18 Å². The van der Waals surface area contributed by atoms with Gasteiger partial charge in [-0.15, -0.1) is 0 Å². The Labute approximate surface area is 191 Å². The molecule has 1 atom stereocenters. The van der Waals surface area contributed by atoms with Gasteiger partial charge in [0.05, 0.1) is 0 Å². The lowest BCUT2D eigenvalue weighted by atomic mass is 9.78. The van der Waals surface area contributed by atoms with Crippen LogP contribution in [0.4, 0.5) is 13.2 Å². The largest absolute Gasteiger partial charge is 0.484 e. The third-order valence-corrected chi connectivity index (χ3v) is 6.18. The minimum atomic E-state index is -4.74. The van der Waals surface area contributed by atoms with E-state index in [0.29, 0.717) is 10.8 Å². The summed E-state index contributed by atoms with van der Waals surface area (Å²) < 4.78 is 45.2. The van der Waals surface area contributed by atoms with E-state index in [4.69, 9.17) is 4.74 Å². The molecule has 0 saturated carbocycles. The average molecular weight is 463 g/mol. The molecule has 3 rings (SSSR count). The minimum Gasteiger partial charge on any atom is -0.484 e. The molecule has 0 radical (unpaired) electrons. The molecule has 1 N–H and O–H groups in total. The molecule has 178 valence electrons. The molecule has 1 amide bonds. The summed E-state index contributed by atoms with van der Waals surface area (Å²) in [7, 11) is 0. The maximum Gasteiger partial charge on any atom is 0.431 e. The van der Waals surface area contributed by atoms with Crippen molar-refractivity contribution in [1.82, 2.24) is 5.01 Å². The van der Waals surface area contributed by atoms with Crippen LogP contribution in [0.1, 0.15) is 52.2 Å². The molecule has 1 heterocycles. The second kappa shape index (κ2) is 8.48. The molecule has 0 fully saturated rings. The lowest BCUT2D eigenvalue weighted by Crippen LogP contribution is -2.56. The predicted octanol–water partition coefficient (Wildman–Crippen LogP) is 5.28. The van der Waals surface area contributed by atoms with Crippen molar-refractivity contribution in [1.29, 1.82) is 0 Å². The quantitative estimate of drug-likeness (QED) is 0.658. The number of benzene rings is 2. The zero-order chi connectivity index (χ0) is 24.7. The lowest BCUT2D eigenvalue weighted by molar-refractivity contribution is -0.183. The summed E-state index contributed by atoms with van der Waals surface area (Å²) in [5.41, 5.74) is -2.44. The molecule has 33 heavy (non-hydrogen) atoms. The van der Waals surface area contributed by atoms with Crippen molar-refractivity contribution in [3.8, 4) is 5.75 Å². The van der Waals surface area contributed by atoms with E-state index in [1.807, 2.05) is 42.5 Å². The van der Waals surface area contributed by atoms with E-state index in [2.05, 4.69) is 18.9 Å². The number of hydrogen-bond acceptors (Lipinski definition) is 4. The van der Waals surface area contributed by atoms with Gasteiger partial charge in [0.2, 0.25) is 0 Å². The zero-order valence-electron chi connectivity index (χ0n) is 19.4. The van der Waals surface area contributed by atoms with Crippen LogP contribution in [-0.4, -0.2) is 40.2 Å². The van der Waals surface area contributed by atoms with Crippen molar-refractivity contribution in [2.75, 3.05) is 6.61 Å². The number of ether oxygens (including phenoxy) is 1. The molecule has 2 aromatic carbocycles. The summed E-state index contributed by atoms with van der Waals surface area (Å²) in [6.45, 7) is 8.29. The molecule has 1 aliphatic heterocycles. The fourth-order valence-electron chi connectivity index (χ4n) is 3.74. The van der Waals surface area contributed by atoms with E-state index in [1.54, 1.807) is 32.9 Å². The van der Waals surface area contributed by atoms with Crippen molar-refractivity contribution in [3.05, 3.63) is 65.7 Å². The maximum atomic E-state index is 13.2. The smallest absolute Gasteiger partial charge is 0.431 e. The summed E-state index contributed by atoms with van der Waals surface area (Å²) in [5, 5.41) is 14.9. The Morgan fingerprint density at radius 2 is 1.55 bits per heavy atom. The Morgan fingerprint density at radius 1 is 1.00 bits per heavy atom. The van der Waals surface area contributed by atoms with E-state index in [0.717, 1.165) is 11.1 Å². The molecule has 0 aliphatic carbocycles. The third kappa shape index (κ3) is 4.90. The first-order valence-electron chi connectivity index (χ1n) is 10.7. The Morgan fingerprint density at radius 3 is 2.06 bits per heavy atom. The van der Waals surface area contributed by atoms with Crippen molar-refractivity contribution >= 4 is 11.6 Å². The van der Waals surface area contributed by atoms with Crippen molar-refractivity contribution in [2.45, 2.75) is 58.4 Å². The summed E-state index contributed by atoms with van der Waals surface area (Å²) in [6.07, 6.45) is -5.54.